The number of rotatable bonds is 4. The number of nitriles is 1. The van der Waals surface area contributed by atoms with E-state index in [1.807, 2.05) is 39.2 Å². The Balaban J connectivity index is 1.54. The maximum atomic E-state index is 12.9. The first-order chi connectivity index (χ1) is 18.0. The molecule has 0 radical (unpaired) electrons. The highest BCUT2D eigenvalue weighted by Gasteiger charge is 2.37. The number of halogens is 2. The lowest BCUT2D eigenvalue weighted by Crippen LogP contribution is -2.57. The predicted molar refractivity (Wildman–Crippen MR) is 153 cm³/mol. The van der Waals surface area contributed by atoms with Gasteiger partial charge in [0.1, 0.15) is 11.1 Å². The molecule has 0 N–H and O–H groups in total. The minimum atomic E-state index is -0.593. The molecule has 2 aromatic heterocycles. The van der Waals surface area contributed by atoms with E-state index in [4.69, 9.17) is 26.3 Å². The summed E-state index contributed by atoms with van der Waals surface area (Å²) in [5.74, 6) is 0.873. The molecule has 0 unspecified atom stereocenters. The number of hydrogen-bond acceptors (Lipinski definition) is 7. The second kappa shape index (κ2) is 10.2. The van der Waals surface area contributed by atoms with Gasteiger partial charge in [-0.15, -0.1) is 0 Å². The molecule has 5 rings (SSSR count). The van der Waals surface area contributed by atoms with Crippen molar-refractivity contribution in [1.29, 1.82) is 5.26 Å². The van der Waals surface area contributed by atoms with Crippen molar-refractivity contribution in [3.63, 3.8) is 0 Å². The Morgan fingerprint density at radius 1 is 1.32 bits per heavy atom. The topological polar surface area (TPSA) is 90.5 Å². The first kappa shape index (κ1) is 27.0. The highest BCUT2D eigenvalue weighted by Crippen LogP contribution is 2.40. The fourth-order valence-corrected chi connectivity index (χ4v) is 5.87. The first-order valence-corrected chi connectivity index (χ1v) is 14.1. The molecule has 0 saturated carbocycles. The quantitative estimate of drug-likeness (QED) is 0.384. The van der Waals surface area contributed by atoms with Gasteiger partial charge in [-0.2, -0.15) is 5.26 Å². The summed E-state index contributed by atoms with van der Waals surface area (Å²) in [5, 5.41) is 11.1. The third-order valence-electron chi connectivity index (χ3n) is 7.45. The number of amides is 1. The van der Waals surface area contributed by atoms with Crippen molar-refractivity contribution in [2.24, 2.45) is 0 Å². The molecule has 1 aromatic carbocycles. The molecule has 2 atom stereocenters. The van der Waals surface area contributed by atoms with E-state index in [0.29, 0.717) is 24.0 Å². The Morgan fingerprint density at radius 2 is 2.05 bits per heavy atom. The second-order valence-electron chi connectivity index (χ2n) is 11.5. The number of likely N-dealkylation sites (tertiary alicyclic amines) is 1. The summed E-state index contributed by atoms with van der Waals surface area (Å²) in [6.45, 7) is 7.85. The van der Waals surface area contributed by atoms with Crippen LogP contribution in [0.1, 0.15) is 46.1 Å². The van der Waals surface area contributed by atoms with Gasteiger partial charge in [0.25, 0.3) is 0 Å². The van der Waals surface area contributed by atoms with Gasteiger partial charge in [0.15, 0.2) is 5.82 Å². The minimum Gasteiger partial charge on any atom is -0.444 e. The Morgan fingerprint density at radius 3 is 2.71 bits per heavy atom. The van der Waals surface area contributed by atoms with Crippen LogP contribution in [0, 0.1) is 11.3 Å². The molecule has 2 aliphatic heterocycles. The van der Waals surface area contributed by atoms with Gasteiger partial charge >= 0.3 is 6.09 Å². The number of nitrogens with zero attached hydrogens (tertiary/aromatic N) is 7. The normalized spacial score (nSPS) is 20.7. The van der Waals surface area contributed by atoms with Crippen LogP contribution in [-0.4, -0.2) is 81.8 Å². The van der Waals surface area contributed by atoms with Crippen molar-refractivity contribution >= 4 is 61.4 Å². The van der Waals surface area contributed by atoms with Crippen LogP contribution in [0.2, 0.25) is 5.02 Å². The van der Waals surface area contributed by atoms with Crippen molar-refractivity contribution < 1.29 is 9.53 Å². The largest absolute Gasteiger partial charge is 0.444 e. The van der Waals surface area contributed by atoms with Gasteiger partial charge in [-0.3, -0.25) is 0 Å². The molecule has 38 heavy (non-hydrogen) atoms. The summed E-state index contributed by atoms with van der Waals surface area (Å²) >= 11 is 10.1. The van der Waals surface area contributed by atoms with Gasteiger partial charge in [-0.25, -0.2) is 14.8 Å². The van der Waals surface area contributed by atoms with Crippen molar-refractivity contribution in [2.75, 3.05) is 38.6 Å². The molecule has 2 saturated heterocycles. The molecule has 9 nitrogen and oxygen atoms in total. The van der Waals surface area contributed by atoms with Gasteiger partial charge < -0.3 is 24.0 Å². The predicted octanol–water partition coefficient (Wildman–Crippen LogP) is 5.60. The van der Waals surface area contributed by atoms with Crippen LogP contribution in [0.3, 0.4) is 0 Å². The van der Waals surface area contributed by atoms with Crippen molar-refractivity contribution in [1.82, 2.24) is 24.3 Å². The smallest absolute Gasteiger partial charge is 0.410 e. The lowest BCUT2D eigenvalue weighted by atomic mass is 9.95. The van der Waals surface area contributed by atoms with E-state index >= 15 is 0 Å². The van der Waals surface area contributed by atoms with Crippen LogP contribution in [0.25, 0.3) is 21.9 Å². The van der Waals surface area contributed by atoms with Crippen molar-refractivity contribution in [3.05, 3.63) is 28.0 Å². The molecule has 0 spiro atoms. The number of carbonyl (C=O) groups is 1. The standard InChI is InChI=1S/C27H33BrClN7O2/c1-27(2,3)38-26(37)35-9-7-17(10-16(35)6-8-30)36-15-31-23-24(36)19-11-21(29)20(28)12-22(19)32-25(23)34-13-18(14-34)33(4)5/h11-12,15-18H,6-7,9-10,13-14H2,1-5H3/t16-,17+/m1/s1. The highest BCUT2D eigenvalue weighted by molar-refractivity contribution is 9.10. The number of pyridine rings is 1. The van der Waals surface area contributed by atoms with Crippen LogP contribution < -0.4 is 4.90 Å². The van der Waals surface area contributed by atoms with Gasteiger partial charge in [0.2, 0.25) is 0 Å². The number of imidazole rings is 1. The van der Waals surface area contributed by atoms with Gasteiger partial charge in [0.05, 0.1) is 34.9 Å². The van der Waals surface area contributed by atoms with Gasteiger partial charge in [-0.05, 0) is 75.8 Å². The number of piperidine rings is 1. The Bertz CT molecular complexity index is 1420. The van der Waals surface area contributed by atoms with E-state index in [1.54, 1.807) is 4.90 Å². The molecular weight excluding hydrogens is 570 g/mol. The van der Waals surface area contributed by atoms with Crippen LogP contribution in [0.5, 0.6) is 0 Å². The molecule has 2 fully saturated rings. The number of hydrogen-bond donors (Lipinski definition) is 0. The van der Waals surface area contributed by atoms with E-state index in [1.165, 1.54) is 0 Å². The molecule has 11 heteroatoms. The summed E-state index contributed by atoms with van der Waals surface area (Å²) in [6.07, 6.45) is 3.12. The summed E-state index contributed by atoms with van der Waals surface area (Å²) in [7, 11) is 4.20. The number of carbonyl (C=O) groups excluding carboxylic acids is 1. The SMILES string of the molecule is CN(C)C1CN(c2nc3cc(Br)c(Cl)cc3c3c2ncn3[C@H]2CCN(C(=O)OC(C)(C)C)[C@H](CC#N)C2)C1. The third-order valence-corrected chi connectivity index (χ3v) is 8.65. The van der Waals surface area contributed by atoms with Crippen molar-refractivity contribution in [3.8, 4) is 6.07 Å². The maximum absolute atomic E-state index is 12.9. The molecule has 1 amide bonds. The zero-order chi connectivity index (χ0) is 27.4. The molecule has 0 bridgehead atoms. The Kier molecular flexibility index (Phi) is 7.22. The number of likely N-dealkylation sites (N-methyl/N-ethyl adjacent to an activating group) is 1. The Hall–Kier alpha value is -2.61. The number of fused-ring (bicyclic) bond motifs is 3. The van der Waals surface area contributed by atoms with Crippen LogP contribution in [0.4, 0.5) is 10.6 Å². The van der Waals surface area contributed by atoms with Crippen LogP contribution in [-0.2, 0) is 4.74 Å². The third kappa shape index (κ3) is 5.04. The lowest BCUT2D eigenvalue weighted by molar-refractivity contribution is 0.00618. The maximum Gasteiger partial charge on any atom is 0.410 e. The summed E-state index contributed by atoms with van der Waals surface area (Å²) in [5.41, 5.74) is 2.08. The highest BCUT2D eigenvalue weighted by atomic mass is 79.9. The number of aromatic nitrogens is 3. The van der Waals surface area contributed by atoms with E-state index in [0.717, 1.165) is 51.7 Å². The van der Waals surface area contributed by atoms with E-state index in [2.05, 4.69) is 50.5 Å². The molecule has 2 aliphatic rings. The minimum absolute atomic E-state index is 0.0591. The first-order valence-electron chi connectivity index (χ1n) is 12.9. The van der Waals surface area contributed by atoms with Gasteiger partial charge in [-0.1, -0.05) is 11.6 Å². The van der Waals surface area contributed by atoms with Gasteiger partial charge in [0, 0.05) is 47.6 Å². The molecule has 4 heterocycles. The van der Waals surface area contributed by atoms with Crippen LogP contribution >= 0.6 is 27.5 Å². The van der Waals surface area contributed by atoms with E-state index < -0.39 is 5.60 Å². The average molecular weight is 603 g/mol. The Labute approximate surface area is 236 Å². The van der Waals surface area contributed by atoms with Crippen molar-refractivity contribution in [2.45, 2.75) is 63.8 Å². The fraction of sp³-hybridized carbons (Fsp3) is 0.556. The second-order valence-corrected chi connectivity index (χ2v) is 12.7. The number of anilines is 1. The molecular formula is C27H33BrClN7O2. The monoisotopic (exact) mass is 601 g/mol. The van der Waals surface area contributed by atoms with E-state index in [-0.39, 0.29) is 24.6 Å². The number of ether oxygens (including phenoxy) is 1. The zero-order valence-corrected chi connectivity index (χ0v) is 24.8. The number of benzene rings is 1. The lowest BCUT2D eigenvalue weighted by Gasteiger charge is -2.43. The van der Waals surface area contributed by atoms with E-state index in [9.17, 15) is 10.1 Å². The van der Waals surface area contributed by atoms with Crippen LogP contribution in [0.15, 0.2) is 22.9 Å². The summed E-state index contributed by atoms with van der Waals surface area (Å²) < 4.78 is 8.64. The zero-order valence-electron chi connectivity index (χ0n) is 22.4. The molecule has 0 aliphatic carbocycles. The molecule has 3 aromatic rings. The molecule has 202 valence electrons. The summed E-state index contributed by atoms with van der Waals surface area (Å²) in [4.78, 5) is 29.0. The average Bonchev–Trinajstić information content (AvgIpc) is 3.24. The summed E-state index contributed by atoms with van der Waals surface area (Å²) in [6, 6.07) is 6.47. The fourth-order valence-electron chi connectivity index (χ4n) is 5.37.